The molecule has 0 bridgehead atoms. The Labute approximate surface area is 274 Å². The van der Waals surface area contributed by atoms with Crippen LogP contribution in [0.4, 0.5) is 9.59 Å². The first kappa shape index (κ1) is 33.9. The number of benzene rings is 2. The minimum atomic E-state index is -0.684. The summed E-state index contributed by atoms with van der Waals surface area (Å²) in [5.74, 6) is -1.14. The quantitative estimate of drug-likeness (QED) is 0.0493. The lowest BCUT2D eigenvalue weighted by molar-refractivity contribution is -0.138. The highest BCUT2D eigenvalue weighted by atomic mass is 32.2. The Morgan fingerprint density at radius 3 is 1.32 bits per heavy atom. The van der Waals surface area contributed by atoms with E-state index < -0.39 is 24.1 Å². The first-order valence-corrected chi connectivity index (χ1v) is 15.0. The third-order valence-corrected chi connectivity index (χ3v) is 7.22. The number of oxime groups is 2. The van der Waals surface area contributed by atoms with E-state index in [1.54, 1.807) is 24.3 Å². The van der Waals surface area contributed by atoms with Gasteiger partial charge in [-0.2, -0.15) is 0 Å². The molecule has 0 aliphatic heterocycles. The Bertz CT molecular complexity index is 1610. The van der Waals surface area contributed by atoms with Crippen molar-refractivity contribution in [2.45, 2.75) is 22.6 Å². The molecular formula is C34H30N4O8S. The predicted octanol–water partition coefficient (Wildman–Crippen LogP) is 6.46. The molecular weight excluding hydrogens is 624 g/mol. The molecule has 4 rings (SSSR count). The van der Waals surface area contributed by atoms with Crippen LogP contribution in [0.15, 0.2) is 143 Å². The molecule has 0 fully saturated rings. The largest absolute Gasteiger partial charge is 0.462 e. The van der Waals surface area contributed by atoms with Crippen LogP contribution < -0.4 is 0 Å². The van der Waals surface area contributed by atoms with Gasteiger partial charge in [0.05, 0.1) is 24.6 Å². The highest BCUT2D eigenvalue weighted by molar-refractivity contribution is 7.99. The molecule has 2 heterocycles. The van der Waals surface area contributed by atoms with E-state index in [-0.39, 0.29) is 26.1 Å². The Morgan fingerprint density at radius 2 is 0.979 bits per heavy atom. The van der Waals surface area contributed by atoms with Crippen molar-refractivity contribution in [3.8, 4) is 0 Å². The maximum atomic E-state index is 12.3. The van der Waals surface area contributed by atoms with Gasteiger partial charge >= 0.3 is 24.1 Å². The fraction of sp³-hybridized carbons (Fsp3) is 0.118. The zero-order chi connectivity index (χ0) is 33.4. The molecule has 2 aromatic heterocycles. The summed E-state index contributed by atoms with van der Waals surface area (Å²) in [5.41, 5.74) is 2.16. The summed E-state index contributed by atoms with van der Waals surface area (Å²) in [7, 11) is 0. The SMILES string of the molecule is C=CC(=O)OCC/C(=N\OC(=O)n1cccc1)c1ccc(Sc2ccc(/C(CCOC(=O)C=C)=N/OC(=O)n3cccc3)cc2)cc1. The zero-order valence-corrected chi connectivity index (χ0v) is 25.9. The maximum Gasteiger partial charge on any atom is 0.444 e. The van der Waals surface area contributed by atoms with Gasteiger partial charge in [0.2, 0.25) is 0 Å². The summed E-state index contributed by atoms with van der Waals surface area (Å²) >= 11 is 1.49. The topological polar surface area (TPSA) is 140 Å². The van der Waals surface area contributed by atoms with Crippen LogP contribution in [-0.2, 0) is 28.7 Å². The lowest BCUT2D eigenvalue weighted by atomic mass is 10.1. The molecule has 4 aromatic rings. The van der Waals surface area contributed by atoms with E-state index in [9.17, 15) is 19.2 Å². The van der Waals surface area contributed by atoms with Crippen LogP contribution in [0.1, 0.15) is 24.0 Å². The van der Waals surface area contributed by atoms with Crippen molar-refractivity contribution in [3.63, 3.8) is 0 Å². The molecule has 240 valence electrons. The Kier molecular flexibility index (Phi) is 12.6. The number of nitrogens with zero attached hydrogens (tertiary/aromatic N) is 4. The van der Waals surface area contributed by atoms with Crippen LogP contribution in [0.5, 0.6) is 0 Å². The number of hydrogen-bond acceptors (Lipinski definition) is 11. The Balaban J connectivity index is 1.44. The average Bonchev–Trinajstić information content (AvgIpc) is 3.84. The fourth-order valence-corrected chi connectivity index (χ4v) is 4.68. The molecule has 47 heavy (non-hydrogen) atoms. The third kappa shape index (κ3) is 10.6. The van der Waals surface area contributed by atoms with E-state index in [1.807, 2.05) is 48.5 Å². The van der Waals surface area contributed by atoms with Gasteiger partial charge in [-0.3, -0.25) is 18.8 Å². The number of esters is 2. The standard InChI is InChI=1S/C34H30N4O8S/c1-3-31(39)43-23-17-29(35-45-33(41)37-19-5-6-20-37)25-9-13-27(14-10-25)47-28-15-11-26(12-16-28)30(18-24-44-32(40)4-2)36-46-34(42)38-21-7-8-22-38/h3-16,19-22H,1-2,17-18,23-24H2/b35-29+,36-30+. The molecule has 0 spiro atoms. The first-order chi connectivity index (χ1) is 22.9. The second kappa shape index (κ2) is 17.5. The third-order valence-electron chi connectivity index (χ3n) is 6.21. The van der Waals surface area contributed by atoms with E-state index in [0.29, 0.717) is 22.6 Å². The summed E-state index contributed by atoms with van der Waals surface area (Å²) in [6.07, 6.45) is 7.31. The highest BCUT2D eigenvalue weighted by Gasteiger charge is 2.12. The van der Waals surface area contributed by atoms with Crippen molar-refractivity contribution in [1.29, 1.82) is 0 Å². The average molecular weight is 655 g/mol. The van der Waals surface area contributed by atoms with Crippen LogP contribution in [0.2, 0.25) is 0 Å². The van der Waals surface area contributed by atoms with Crippen molar-refractivity contribution in [3.05, 3.63) is 134 Å². The van der Waals surface area contributed by atoms with E-state index in [4.69, 9.17) is 19.1 Å². The molecule has 0 saturated heterocycles. The lowest BCUT2D eigenvalue weighted by Crippen LogP contribution is -2.13. The van der Waals surface area contributed by atoms with Crippen LogP contribution in [0.3, 0.4) is 0 Å². The first-order valence-electron chi connectivity index (χ1n) is 14.2. The van der Waals surface area contributed by atoms with E-state index >= 15 is 0 Å². The van der Waals surface area contributed by atoms with Gasteiger partial charge in [0.25, 0.3) is 0 Å². The van der Waals surface area contributed by atoms with Gasteiger partial charge in [0.15, 0.2) is 0 Å². The smallest absolute Gasteiger partial charge is 0.444 e. The van der Waals surface area contributed by atoms with Crippen LogP contribution in [-0.4, -0.2) is 57.9 Å². The molecule has 0 amide bonds. The van der Waals surface area contributed by atoms with E-state index in [1.165, 1.54) is 45.7 Å². The van der Waals surface area contributed by atoms with Crippen molar-refractivity contribution in [2.24, 2.45) is 10.3 Å². The second-order valence-electron chi connectivity index (χ2n) is 9.37. The molecule has 0 radical (unpaired) electrons. The van der Waals surface area contributed by atoms with Crippen molar-refractivity contribution < 1.29 is 38.3 Å². The summed E-state index contributed by atoms with van der Waals surface area (Å²) in [5, 5.41) is 8.07. The second-order valence-corrected chi connectivity index (χ2v) is 10.5. The van der Waals surface area contributed by atoms with Crippen molar-refractivity contribution in [1.82, 2.24) is 9.13 Å². The summed E-state index contributed by atoms with van der Waals surface area (Å²) in [6.45, 7) is 6.80. The summed E-state index contributed by atoms with van der Waals surface area (Å²) in [4.78, 5) is 59.6. The van der Waals surface area contributed by atoms with Gasteiger partial charge in [0, 0.05) is 59.6 Å². The number of carbonyl (C=O) groups is 4. The van der Waals surface area contributed by atoms with Crippen LogP contribution in [0.25, 0.3) is 0 Å². The van der Waals surface area contributed by atoms with E-state index in [2.05, 4.69) is 23.5 Å². The van der Waals surface area contributed by atoms with Gasteiger partial charge in [-0.15, -0.1) is 0 Å². The number of aromatic nitrogens is 2. The fourth-order valence-electron chi connectivity index (χ4n) is 3.86. The molecule has 0 N–H and O–H groups in total. The molecule has 0 aliphatic carbocycles. The number of rotatable bonds is 14. The van der Waals surface area contributed by atoms with Crippen molar-refractivity contribution >= 4 is 47.3 Å². The van der Waals surface area contributed by atoms with Crippen molar-refractivity contribution in [2.75, 3.05) is 13.2 Å². The normalized spacial score (nSPS) is 11.3. The van der Waals surface area contributed by atoms with Crippen LogP contribution in [0, 0.1) is 0 Å². The zero-order valence-electron chi connectivity index (χ0n) is 25.1. The number of hydrogen-bond donors (Lipinski definition) is 0. The molecule has 13 heteroatoms. The van der Waals surface area contributed by atoms with Gasteiger partial charge in [-0.05, 0) is 59.7 Å². The monoisotopic (exact) mass is 654 g/mol. The number of ether oxygens (including phenoxy) is 2. The highest BCUT2D eigenvalue weighted by Crippen LogP contribution is 2.28. The number of carbonyl (C=O) groups excluding carboxylic acids is 4. The molecule has 0 unspecified atom stereocenters. The van der Waals surface area contributed by atoms with Gasteiger partial charge in [-0.1, -0.05) is 59.5 Å². The minimum absolute atomic E-state index is 0.0150. The van der Waals surface area contributed by atoms with Gasteiger partial charge < -0.3 is 9.47 Å². The van der Waals surface area contributed by atoms with Gasteiger partial charge in [0.1, 0.15) is 0 Å². The molecule has 12 nitrogen and oxygen atoms in total. The minimum Gasteiger partial charge on any atom is -0.462 e. The van der Waals surface area contributed by atoms with Gasteiger partial charge in [-0.25, -0.2) is 19.2 Å². The molecule has 2 aromatic carbocycles. The molecule has 0 atom stereocenters. The Hall–Kier alpha value is -5.95. The van der Waals surface area contributed by atoms with E-state index in [0.717, 1.165) is 21.9 Å². The lowest BCUT2D eigenvalue weighted by Gasteiger charge is -2.10. The molecule has 0 saturated carbocycles. The summed E-state index contributed by atoms with van der Waals surface area (Å²) in [6, 6.07) is 21.6. The molecule has 0 aliphatic rings. The Morgan fingerprint density at radius 1 is 0.617 bits per heavy atom. The predicted molar refractivity (Wildman–Crippen MR) is 174 cm³/mol. The van der Waals surface area contributed by atoms with Crippen LogP contribution >= 0.6 is 11.8 Å². The maximum absolute atomic E-state index is 12.3. The summed E-state index contributed by atoms with van der Waals surface area (Å²) < 4.78 is 12.7.